The summed E-state index contributed by atoms with van der Waals surface area (Å²) in [6.07, 6.45) is 2.47. The molecule has 0 unspecified atom stereocenters. The number of amides is 2. The van der Waals surface area contributed by atoms with Gasteiger partial charge >= 0.3 is 0 Å². The molecule has 1 atom stereocenters. The maximum absolute atomic E-state index is 12.7. The first-order valence-electron chi connectivity index (χ1n) is 9.03. The van der Waals surface area contributed by atoms with Crippen molar-refractivity contribution in [2.75, 3.05) is 27.3 Å². The van der Waals surface area contributed by atoms with E-state index in [4.69, 9.17) is 0 Å². The molecule has 0 aromatic heterocycles. The molecule has 2 amide bonds. The molecule has 1 saturated heterocycles. The number of benzene rings is 2. The smallest absolute Gasteiger partial charge is 0.247 e. The van der Waals surface area contributed by atoms with E-state index in [0.717, 1.165) is 22.7 Å². The molecule has 1 fully saturated rings. The van der Waals surface area contributed by atoms with Gasteiger partial charge in [0.15, 0.2) is 0 Å². The molecular weight excluding hydrogens is 378 g/mol. The molecule has 7 nitrogen and oxygen atoms in total. The molecule has 0 saturated carbocycles. The molecule has 1 aliphatic heterocycles. The number of para-hydroxylation sites is 1. The highest BCUT2D eigenvalue weighted by Crippen LogP contribution is 2.24. The maximum Gasteiger partial charge on any atom is 0.247 e. The van der Waals surface area contributed by atoms with Crippen molar-refractivity contribution in [3.8, 4) is 0 Å². The lowest BCUT2D eigenvalue weighted by Gasteiger charge is -2.28. The number of rotatable bonds is 6. The zero-order chi connectivity index (χ0) is 20.3. The van der Waals surface area contributed by atoms with Crippen LogP contribution in [0.25, 0.3) is 0 Å². The second-order valence-corrected chi connectivity index (χ2v) is 8.61. The lowest BCUT2D eigenvalue weighted by Crippen LogP contribution is -2.45. The minimum atomic E-state index is -3.65. The molecule has 0 aliphatic carbocycles. The van der Waals surface area contributed by atoms with Crippen LogP contribution in [0.5, 0.6) is 0 Å². The molecule has 148 valence electrons. The van der Waals surface area contributed by atoms with Crippen molar-refractivity contribution >= 4 is 38.9 Å². The van der Waals surface area contributed by atoms with E-state index < -0.39 is 22.0 Å². The van der Waals surface area contributed by atoms with Crippen LogP contribution in [0, 0.1) is 0 Å². The number of carbonyl (C=O) groups excluding carboxylic acids is 2. The molecule has 8 heteroatoms. The van der Waals surface area contributed by atoms with Crippen LogP contribution < -0.4 is 14.5 Å². The van der Waals surface area contributed by atoms with E-state index in [-0.39, 0.29) is 5.91 Å². The van der Waals surface area contributed by atoms with Gasteiger partial charge in [-0.05, 0) is 49.7 Å². The molecule has 1 heterocycles. The van der Waals surface area contributed by atoms with Gasteiger partial charge in [0.2, 0.25) is 21.8 Å². The molecule has 0 spiro atoms. The number of anilines is 3. The standard InChI is InChI=1S/C20H23N3O4S/c1-15(23(28(2,26)27)18-7-4-3-5-8-18)20(25)21-16-10-12-17(13-11-16)22-14-6-9-19(22)24/h3-5,7-8,10-13,15H,6,9,14H2,1-2H3,(H,21,25)/t15-/m1/s1. The zero-order valence-corrected chi connectivity index (χ0v) is 16.6. The van der Waals surface area contributed by atoms with Crippen LogP contribution in [0.1, 0.15) is 19.8 Å². The van der Waals surface area contributed by atoms with E-state index in [1.54, 1.807) is 66.4 Å². The Morgan fingerprint density at radius 1 is 1.11 bits per heavy atom. The number of hydrogen-bond acceptors (Lipinski definition) is 4. The van der Waals surface area contributed by atoms with Gasteiger partial charge in [0, 0.05) is 24.3 Å². The highest BCUT2D eigenvalue weighted by molar-refractivity contribution is 7.92. The first kappa shape index (κ1) is 19.9. The second-order valence-electron chi connectivity index (χ2n) is 6.76. The average molecular weight is 401 g/mol. The minimum Gasteiger partial charge on any atom is -0.324 e. The molecular formula is C20H23N3O4S. The average Bonchev–Trinajstić information content (AvgIpc) is 3.08. The van der Waals surface area contributed by atoms with Crippen LogP contribution in [0.15, 0.2) is 54.6 Å². The maximum atomic E-state index is 12.7. The van der Waals surface area contributed by atoms with E-state index in [1.807, 2.05) is 0 Å². The van der Waals surface area contributed by atoms with Gasteiger partial charge in [0.25, 0.3) is 0 Å². The Balaban J connectivity index is 1.75. The molecule has 28 heavy (non-hydrogen) atoms. The minimum absolute atomic E-state index is 0.0945. The first-order valence-corrected chi connectivity index (χ1v) is 10.9. The fraction of sp³-hybridized carbons (Fsp3) is 0.300. The molecule has 3 rings (SSSR count). The van der Waals surface area contributed by atoms with Crippen LogP contribution >= 0.6 is 0 Å². The summed E-state index contributed by atoms with van der Waals surface area (Å²) in [6, 6.07) is 14.5. The Bertz CT molecular complexity index is 959. The van der Waals surface area contributed by atoms with Crippen molar-refractivity contribution in [2.24, 2.45) is 0 Å². The van der Waals surface area contributed by atoms with Crippen molar-refractivity contribution in [1.82, 2.24) is 0 Å². The van der Waals surface area contributed by atoms with Crippen LogP contribution in [-0.4, -0.2) is 39.1 Å². The summed E-state index contributed by atoms with van der Waals surface area (Å²) in [6.45, 7) is 2.24. The van der Waals surface area contributed by atoms with Gasteiger partial charge < -0.3 is 10.2 Å². The van der Waals surface area contributed by atoms with Crippen molar-refractivity contribution in [1.29, 1.82) is 0 Å². The van der Waals surface area contributed by atoms with Gasteiger partial charge in [0.05, 0.1) is 11.9 Å². The van der Waals surface area contributed by atoms with Crippen molar-refractivity contribution in [3.63, 3.8) is 0 Å². The lowest BCUT2D eigenvalue weighted by molar-refractivity contribution is -0.117. The van der Waals surface area contributed by atoms with Gasteiger partial charge in [-0.3, -0.25) is 13.9 Å². The van der Waals surface area contributed by atoms with Crippen LogP contribution in [0.3, 0.4) is 0 Å². The lowest BCUT2D eigenvalue weighted by atomic mass is 10.2. The number of sulfonamides is 1. The third kappa shape index (κ3) is 4.33. The molecule has 1 N–H and O–H groups in total. The third-order valence-electron chi connectivity index (χ3n) is 4.62. The monoisotopic (exact) mass is 401 g/mol. The number of nitrogens with zero attached hydrogens (tertiary/aromatic N) is 2. The zero-order valence-electron chi connectivity index (χ0n) is 15.8. The Morgan fingerprint density at radius 2 is 1.75 bits per heavy atom. The highest BCUT2D eigenvalue weighted by atomic mass is 32.2. The van der Waals surface area contributed by atoms with Gasteiger partial charge in [-0.15, -0.1) is 0 Å². The summed E-state index contributed by atoms with van der Waals surface area (Å²) in [5.41, 5.74) is 1.75. The molecule has 2 aromatic rings. The van der Waals surface area contributed by atoms with Gasteiger partial charge in [-0.1, -0.05) is 18.2 Å². The van der Waals surface area contributed by atoms with Crippen LogP contribution in [-0.2, 0) is 19.6 Å². The SMILES string of the molecule is C[C@H](C(=O)Nc1ccc(N2CCCC2=O)cc1)N(c1ccccc1)S(C)(=O)=O. The highest BCUT2D eigenvalue weighted by Gasteiger charge is 2.29. The van der Waals surface area contributed by atoms with Gasteiger partial charge in [-0.25, -0.2) is 8.42 Å². The quantitative estimate of drug-likeness (QED) is 0.806. The fourth-order valence-electron chi connectivity index (χ4n) is 3.28. The summed E-state index contributed by atoms with van der Waals surface area (Å²) in [7, 11) is -3.65. The van der Waals surface area contributed by atoms with E-state index in [0.29, 0.717) is 24.3 Å². The molecule has 1 aliphatic rings. The Labute approximate surface area is 165 Å². The third-order valence-corrected chi connectivity index (χ3v) is 5.86. The largest absolute Gasteiger partial charge is 0.324 e. The van der Waals surface area contributed by atoms with Gasteiger partial charge in [0.1, 0.15) is 6.04 Å². The van der Waals surface area contributed by atoms with Crippen LogP contribution in [0.4, 0.5) is 17.1 Å². The van der Waals surface area contributed by atoms with Gasteiger partial charge in [-0.2, -0.15) is 0 Å². The summed E-state index contributed by atoms with van der Waals surface area (Å²) < 4.78 is 25.6. The molecule has 0 radical (unpaired) electrons. The summed E-state index contributed by atoms with van der Waals surface area (Å²) >= 11 is 0. The number of carbonyl (C=O) groups is 2. The summed E-state index contributed by atoms with van der Waals surface area (Å²) in [5.74, 6) is -0.351. The van der Waals surface area contributed by atoms with Crippen LogP contribution in [0.2, 0.25) is 0 Å². The second kappa shape index (κ2) is 8.02. The summed E-state index contributed by atoms with van der Waals surface area (Å²) in [5, 5.41) is 2.74. The summed E-state index contributed by atoms with van der Waals surface area (Å²) in [4.78, 5) is 26.2. The molecule has 0 bridgehead atoms. The predicted molar refractivity (Wildman–Crippen MR) is 110 cm³/mol. The normalized spacial score (nSPS) is 15.4. The van der Waals surface area contributed by atoms with Crippen molar-refractivity contribution in [2.45, 2.75) is 25.8 Å². The predicted octanol–water partition coefficient (Wildman–Crippen LogP) is 2.61. The van der Waals surface area contributed by atoms with E-state index in [2.05, 4.69) is 5.32 Å². The molecule has 2 aromatic carbocycles. The van der Waals surface area contributed by atoms with Crippen molar-refractivity contribution in [3.05, 3.63) is 54.6 Å². The Hall–Kier alpha value is -2.87. The van der Waals surface area contributed by atoms with E-state index in [1.165, 1.54) is 0 Å². The van der Waals surface area contributed by atoms with E-state index in [9.17, 15) is 18.0 Å². The number of nitrogens with one attached hydrogen (secondary N) is 1. The Kier molecular flexibility index (Phi) is 5.69. The van der Waals surface area contributed by atoms with E-state index >= 15 is 0 Å². The number of hydrogen-bond donors (Lipinski definition) is 1. The fourth-order valence-corrected chi connectivity index (χ4v) is 4.45. The topological polar surface area (TPSA) is 86.8 Å². The van der Waals surface area contributed by atoms with Crippen molar-refractivity contribution < 1.29 is 18.0 Å². The first-order chi connectivity index (χ1) is 13.3. The Morgan fingerprint density at radius 3 is 2.29 bits per heavy atom.